The fourth-order valence-electron chi connectivity index (χ4n) is 1.03. The maximum atomic E-state index is 11.5. The van der Waals surface area contributed by atoms with Crippen molar-refractivity contribution < 1.29 is 9.53 Å². The molecule has 0 bridgehead atoms. The number of nitriles is 1. The molecule has 17 heavy (non-hydrogen) atoms. The van der Waals surface area contributed by atoms with Gasteiger partial charge in [0.15, 0.2) is 6.61 Å². The average molecular weight is 298 g/mol. The van der Waals surface area contributed by atoms with Crippen LogP contribution in [-0.2, 0) is 4.79 Å². The van der Waals surface area contributed by atoms with E-state index in [2.05, 4.69) is 26.2 Å². The third kappa shape index (κ3) is 4.83. The number of hydrogen-bond acceptors (Lipinski definition) is 4. The first-order chi connectivity index (χ1) is 7.93. The van der Waals surface area contributed by atoms with Crippen molar-refractivity contribution in [2.45, 2.75) is 19.4 Å². The number of halogens is 1. The molecule has 0 aliphatic carbocycles. The number of carbonyl (C=O) groups is 1. The standard InChI is InChI=1S/C11H12BrN3O2/c1-11(2,7-13)15-10(16)6-17-9-3-8(12)4-14-5-9/h3-5H,6H2,1-2H3,(H,15,16). The predicted octanol–water partition coefficient (Wildman–Crippen LogP) is 1.64. The van der Waals surface area contributed by atoms with Gasteiger partial charge in [-0.25, -0.2) is 0 Å². The number of rotatable bonds is 4. The number of aromatic nitrogens is 1. The van der Waals surface area contributed by atoms with Crippen LogP contribution in [-0.4, -0.2) is 23.0 Å². The average Bonchev–Trinajstić information content (AvgIpc) is 2.26. The first-order valence-corrected chi connectivity index (χ1v) is 5.68. The third-order valence-electron chi connectivity index (χ3n) is 1.78. The van der Waals surface area contributed by atoms with Gasteiger partial charge in [-0.1, -0.05) is 0 Å². The summed E-state index contributed by atoms with van der Waals surface area (Å²) in [6.45, 7) is 3.08. The van der Waals surface area contributed by atoms with E-state index >= 15 is 0 Å². The van der Waals surface area contributed by atoms with Gasteiger partial charge >= 0.3 is 0 Å². The van der Waals surface area contributed by atoms with E-state index in [4.69, 9.17) is 10.00 Å². The fraction of sp³-hybridized carbons (Fsp3) is 0.364. The van der Waals surface area contributed by atoms with Crippen LogP contribution in [0.5, 0.6) is 5.75 Å². The molecule has 1 rings (SSSR count). The van der Waals surface area contributed by atoms with Gasteiger partial charge in [-0.15, -0.1) is 0 Å². The summed E-state index contributed by atoms with van der Waals surface area (Å²) in [5.41, 5.74) is -0.893. The molecule has 1 aromatic rings. The van der Waals surface area contributed by atoms with Crippen LogP contribution in [0, 0.1) is 11.3 Å². The van der Waals surface area contributed by atoms with Crippen molar-refractivity contribution in [3.05, 3.63) is 22.9 Å². The topological polar surface area (TPSA) is 75.0 Å². The molecule has 0 spiro atoms. The molecular formula is C11H12BrN3O2. The molecule has 0 aromatic carbocycles. The van der Waals surface area contributed by atoms with Crippen LogP contribution < -0.4 is 10.1 Å². The summed E-state index contributed by atoms with van der Waals surface area (Å²) in [6, 6.07) is 3.68. The van der Waals surface area contributed by atoms with Gasteiger partial charge in [0, 0.05) is 10.7 Å². The molecule has 1 aromatic heterocycles. The number of pyridine rings is 1. The van der Waals surface area contributed by atoms with Crippen LogP contribution >= 0.6 is 15.9 Å². The number of carbonyl (C=O) groups excluding carboxylic acids is 1. The Kier molecular flexibility index (Phi) is 4.46. The van der Waals surface area contributed by atoms with Crippen molar-refractivity contribution >= 4 is 21.8 Å². The first-order valence-electron chi connectivity index (χ1n) is 4.88. The van der Waals surface area contributed by atoms with E-state index in [1.807, 2.05) is 6.07 Å². The van der Waals surface area contributed by atoms with Crippen LogP contribution in [0.3, 0.4) is 0 Å². The minimum atomic E-state index is -0.893. The zero-order valence-corrected chi connectivity index (χ0v) is 11.1. The van der Waals surface area contributed by atoms with E-state index in [-0.39, 0.29) is 12.5 Å². The summed E-state index contributed by atoms with van der Waals surface area (Å²) in [6.07, 6.45) is 3.12. The molecule has 6 heteroatoms. The smallest absolute Gasteiger partial charge is 0.259 e. The van der Waals surface area contributed by atoms with Crippen LogP contribution in [0.15, 0.2) is 22.9 Å². The molecule has 0 atom stereocenters. The Hall–Kier alpha value is -1.61. The second-order valence-corrected chi connectivity index (χ2v) is 4.83. The second-order valence-electron chi connectivity index (χ2n) is 3.91. The zero-order chi connectivity index (χ0) is 12.9. The van der Waals surface area contributed by atoms with Crippen LogP contribution in [0.4, 0.5) is 0 Å². The van der Waals surface area contributed by atoms with Gasteiger partial charge in [0.25, 0.3) is 5.91 Å². The van der Waals surface area contributed by atoms with Crippen molar-refractivity contribution in [2.75, 3.05) is 6.61 Å². The van der Waals surface area contributed by atoms with Gasteiger partial charge in [-0.2, -0.15) is 5.26 Å². The monoisotopic (exact) mass is 297 g/mol. The van der Waals surface area contributed by atoms with Crippen molar-refractivity contribution in [1.82, 2.24) is 10.3 Å². The molecular weight excluding hydrogens is 286 g/mol. The summed E-state index contributed by atoms with van der Waals surface area (Å²) >= 11 is 3.24. The lowest BCUT2D eigenvalue weighted by molar-refractivity contribution is -0.124. The molecule has 0 fully saturated rings. The zero-order valence-electron chi connectivity index (χ0n) is 9.53. The van der Waals surface area contributed by atoms with E-state index in [0.29, 0.717) is 5.75 Å². The molecule has 90 valence electrons. The quantitative estimate of drug-likeness (QED) is 0.917. The van der Waals surface area contributed by atoms with E-state index in [9.17, 15) is 4.79 Å². The maximum Gasteiger partial charge on any atom is 0.259 e. The van der Waals surface area contributed by atoms with Gasteiger partial charge in [0.1, 0.15) is 11.3 Å². The molecule has 0 saturated carbocycles. The normalized spacial score (nSPS) is 10.5. The maximum absolute atomic E-state index is 11.5. The Morgan fingerprint density at radius 3 is 2.94 bits per heavy atom. The molecule has 5 nitrogen and oxygen atoms in total. The summed E-state index contributed by atoms with van der Waals surface area (Å²) in [7, 11) is 0. The molecule has 0 aliphatic heterocycles. The Bertz CT molecular complexity index is 454. The summed E-state index contributed by atoms with van der Waals surface area (Å²) < 4.78 is 6.00. The second kappa shape index (κ2) is 5.64. The molecule has 1 amide bonds. The molecule has 1 heterocycles. The highest BCUT2D eigenvalue weighted by molar-refractivity contribution is 9.10. The van der Waals surface area contributed by atoms with Crippen molar-refractivity contribution in [3.8, 4) is 11.8 Å². The van der Waals surface area contributed by atoms with Crippen LogP contribution in [0.1, 0.15) is 13.8 Å². The Morgan fingerprint density at radius 2 is 2.35 bits per heavy atom. The summed E-state index contributed by atoms with van der Waals surface area (Å²) in [5, 5.41) is 11.3. The number of ether oxygens (including phenoxy) is 1. The van der Waals surface area contributed by atoms with E-state index < -0.39 is 5.54 Å². The highest BCUT2D eigenvalue weighted by Crippen LogP contribution is 2.15. The lowest BCUT2D eigenvalue weighted by Gasteiger charge is -2.17. The van der Waals surface area contributed by atoms with Gasteiger partial charge in [0.05, 0.1) is 12.3 Å². The Labute approximate surface area is 108 Å². The third-order valence-corrected chi connectivity index (χ3v) is 2.21. The SMILES string of the molecule is CC(C)(C#N)NC(=O)COc1cncc(Br)c1. The molecule has 0 aliphatic rings. The van der Waals surface area contributed by atoms with Gasteiger partial charge < -0.3 is 10.1 Å². The lowest BCUT2D eigenvalue weighted by atomic mass is 10.1. The van der Waals surface area contributed by atoms with Crippen molar-refractivity contribution in [1.29, 1.82) is 5.26 Å². The summed E-state index contributed by atoms with van der Waals surface area (Å²) in [5.74, 6) is 0.140. The number of nitrogens with one attached hydrogen (secondary N) is 1. The first kappa shape index (κ1) is 13.5. The molecule has 1 N–H and O–H groups in total. The molecule has 0 unspecified atom stereocenters. The minimum Gasteiger partial charge on any atom is -0.482 e. The number of nitrogens with zero attached hydrogens (tertiary/aromatic N) is 2. The fourth-order valence-corrected chi connectivity index (χ4v) is 1.38. The van der Waals surface area contributed by atoms with E-state index in [1.54, 1.807) is 26.1 Å². The van der Waals surface area contributed by atoms with Gasteiger partial charge in [-0.05, 0) is 35.8 Å². The highest BCUT2D eigenvalue weighted by Gasteiger charge is 2.19. The Balaban J connectivity index is 2.47. The van der Waals surface area contributed by atoms with Crippen LogP contribution in [0.2, 0.25) is 0 Å². The summed E-state index contributed by atoms with van der Waals surface area (Å²) in [4.78, 5) is 15.4. The van der Waals surface area contributed by atoms with E-state index in [1.165, 1.54) is 6.20 Å². The highest BCUT2D eigenvalue weighted by atomic mass is 79.9. The van der Waals surface area contributed by atoms with Gasteiger partial charge in [-0.3, -0.25) is 9.78 Å². The number of hydrogen-bond donors (Lipinski definition) is 1. The Morgan fingerprint density at radius 1 is 1.65 bits per heavy atom. The van der Waals surface area contributed by atoms with Gasteiger partial charge in [0.2, 0.25) is 0 Å². The molecule has 0 radical (unpaired) electrons. The van der Waals surface area contributed by atoms with E-state index in [0.717, 1.165) is 4.47 Å². The van der Waals surface area contributed by atoms with Crippen molar-refractivity contribution in [2.24, 2.45) is 0 Å². The van der Waals surface area contributed by atoms with Crippen molar-refractivity contribution in [3.63, 3.8) is 0 Å². The lowest BCUT2D eigenvalue weighted by Crippen LogP contribution is -2.44. The largest absolute Gasteiger partial charge is 0.482 e. The minimum absolute atomic E-state index is 0.150. The van der Waals surface area contributed by atoms with Crippen LogP contribution in [0.25, 0.3) is 0 Å². The number of amides is 1. The molecule has 0 saturated heterocycles. The predicted molar refractivity (Wildman–Crippen MR) is 65.3 cm³/mol.